The fraction of sp³-hybridized carbons (Fsp3) is 0.529. The van der Waals surface area contributed by atoms with E-state index in [9.17, 15) is 9.59 Å². The molecular weight excluding hydrogens is 362 g/mol. The van der Waals surface area contributed by atoms with Crippen LogP contribution in [0.3, 0.4) is 0 Å². The maximum absolute atomic E-state index is 12.1. The first-order valence-corrected chi connectivity index (χ1v) is 8.44. The highest BCUT2D eigenvalue weighted by Crippen LogP contribution is 2.24. The third-order valence-electron chi connectivity index (χ3n) is 3.86. The van der Waals surface area contributed by atoms with Crippen molar-refractivity contribution in [2.24, 2.45) is 5.92 Å². The lowest BCUT2D eigenvalue weighted by molar-refractivity contribution is -0.139. The molecule has 0 aliphatic rings. The highest BCUT2D eigenvalue weighted by molar-refractivity contribution is 9.10. The molecule has 0 radical (unpaired) electrons. The van der Waals surface area contributed by atoms with Crippen LogP contribution in [0.5, 0.6) is 5.75 Å². The average molecular weight is 386 g/mol. The minimum Gasteiger partial charge on any atom is -0.492 e. The quantitative estimate of drug-likeness (QED) is 0.636. The van der Waals surface area contributed by atoms with E-state index < -0.39 is 11.5 Å². The molecule has 128 valence electrons. The summed E-state index contributed by atoms with van der Waals surface area (Å²) in [5.41, 5.74) is -0.744. The molecule has 0 bridgehead atoms. The van der Waals surface area contributed by atoms with Crippen LogP contribution in [0.4, 0.5) is 0 Å². The molecule has 2 N–H and O–H groups in total. The van der Waals surface area contributed by atoms with Gasteiger partial charge in [-0.05, 0) is 47.3 Å². The van der Waals surface area contributed by atoms with Crippen LogP contribution in [0.25, 0.3) is 0 Å². The summed E-state index contributed by atoms with van der Waals surface area (Å²) in [6, 6.07) is 7.53. The Kier molecular flexibility index (Phi) is 7.55. The fourth-order valence-electron chi connectivity index (χ4n) is 2.06. The van der Waals surface area contributed by atoms with Crippen molar-refractivity contribution in [1.82, 2.24) is 5.32 Å². The Morgan fingerprint density at radius 2 is 2.00 bits per heavy atom. The Bertz CT molecular complexity index is 547. The van der Waals surface area contributed by atoms with Gasteiger partial charge in [-0.1, -0.05) is 26.0 Å². The molecule has 0 heterocycles. The highest BCUT2D eigenvalue weighted by atomic mass is 79.9. The number of amides is 1. The molecule has 0 aliphatic heterocycles. The van der Waals surface area contributed by atoms with E-state index in [1.807, 2.05) is 38.1 Å². The predicted molar refractivity (Wildman–Crippen MR) is 92.5 cm³/mol. The molecule has 6 heteroatoms. The molecule has 1 aromatic rings. The lowest BCUT2D eigenvalue weighted by atomic mass is 9.85. The maximum atomic E-state index is 12.1. The lowest BCUT2D eigenvalue weighted by Crippen LogP contribution is -2.51. The van der Waals surface area contributed by atoms with Crippen LogP contribution in [0, 0.1) is 5.92 Å². The van der Waals surface area contributed by atoms with Gasteiger partial charge in [-0.15, -0.1) is 0 Å². The first-order chi connectivity index (χ1) is 10.7. The first-order valence-electron chi connectivity index (χ1n) is 7.65. The number of aliphatic carboxylic acids is 1. The largest absolute Gasteiger partial charge is 0.492 e. The van der Waals surface area contributed by atoms with Crippen molar-refractivity contribution in [3.8, 4) is 5.75 Å². The van der Waals surface area contributed by atoms with Gasteiger partial charge in [-0.2, -0.15) is 0 Å². The molecule has 1 unspecified atom stereocenters. The van der Waals surface area contributed by atoms with Crippen LogP contribution in [0.2, 0.25) is 0 Å². The third-order valence-corrected chi connectivity index (χ3v) is 4.52. The molecule has 1 aromatic carbocycles. The number of carbonyl (C=O) groups excluding carboxylic acids is 1. The van der Waals surface area contributed by atoms with Crippen LogP contribution in [-0.2, 0) is 9.59 Å². The summed E-state index contributed by atoms with van der Waals surface area (Å²) in [5.74, 6) is -0.304. The summed E-state index contributed by atoms with van der Waals surface area (Å²) < 4.78 is 6.48. The minimum atomic E-state index is -0.918. The number of carboxylic acid groups (broad SMARTS) is 1. The van der Waals surface area contributed by atoms with Gasteiger partial charge in [0.1, 0.15) is 5.75 Å². The van der Waals surface area contributed by atoms with Crippen molar-refractivity contribution < 1.29 is 19.4 Å². The number of nitrogens with one attached hydrogen (secondary N) is 1. The van der Waals surface area contributed by atoms with Crippen LogP contribution < -0.4 is 10.1 Å². The zero-order valence-corrected chi connectivity index (χ0v) is 15.4. The summed E-state index contributed by atoms with van der Waals surface area (Å²) in [4.78, 5) is 23.0. The lowest BCUT2D eigenvalue weighted by Gasteiger charge is -2.33. The topological polar surface area (TPSA) is 75.6 Å². The molecule has 1 rings (SSSR count). The van der Waals surface area contributed by atoms with E-state index in [2.05, 4.69) is 21.2 Å². The van der Waals surface area contributed by atoms with E-state index in [0.29, 0.717) is 19.4 Å². The number of para-hydroxylation sites is 1. The van der Waals surface area contributed by atoms with Gasteiger partial charge in [0, 0.05) is 12.0 Å². The Morgan fingerprint density at radius 1 is 1.35 bits per heavy atom. The van der Waals surface area contributed by atoms with Crippen molar-refractivity contribution in [2.75, 3.05) is 6.61 Å². The zero-order chi connectivity index (χ0) is 17.5. The van der Waals surface area contributed by atoms with Crippen molar-refractivity contribution in [2.45, 2.75) is 45.6 Å². The normalized spacial score (nSPS) is 13.4. The summed E-state index contributed by atoms with van der Waals surface area (Å²) in [6.45, 7) is 5.99. The van der Waals surface area contributed by atoms with E-state index in [1.165, 1.54) is 0 Å². The molecule has 5 nitrogen and oxygen atoms in total. The highest BCUT2D eigenvalue weighted by Gasteiger charge is 2.32. The van der Waals surface area contributed by atoms with Crippen LogP contribution in [0.1, 0.15) is 40.0 Å². The molecule has 23 heavy (non-hydrogen) atoms. The van der Waals surface area contributed by atoms with Crippen molar-refractivity contribution >= 4 is 27.8 Å². The van der Waals surface area contributed by atoms with Gasteiger partial charge in [0.25, 0.3) is 0 Å². The Morgan fingerprint density at radius 3 is 2.57 bits per heavy atom. The summed E-state index contributed by atoms with van der Waals surface area (Å²) in [6.07, 6.45) is 0.769. The monoisotopic (exact) mass is 385 g/mol. The molecule has 0 saturated heterocycles. The van der Waals surface area contributed by atoms with Gasteiger partial charge < -0.3 is 15.2 Å². The molecule has 0 saturated carbocycles. The summed E-state index contributed by atoms with van der Waals surface area (Å²) in [5, 5.41) is 11.9. The van der Waals surface area contributed by atoms with Gasteiger partial charge in [0.05, 0.1) is 17.5 Å². The molecule has 0 aliphatic carbocycles. The van der Waals surface area contributed by atoms with E-state index >= 15 is 0 Å². The second kappa shape index (κ2) is 8.91. The molecular formula is C17H24BrNO4. The Hall–Kier alpha value is -1.56. The second-order valence-corrected chi connectivity index (χ2v) is 6.93. The van der Waals surface area contributed by atoms with Crippen LogP contribution >= 0.6 is 15.9 Å². The fourth-order valence-corrected chi connectivity index (χ4v) is 2.46. The second-order valence-electron chi connectivity index (χ2n) is 6.07. The maximum Gasteiger partial charge on any atom is 0.305 e. The minimum absolute atomic E-state index is 0.0269. The predicted octanol–water partition coefficient (Wildman–Crippen LogP) is 3.61. The van der Waals surface area contributed by atoms with Gasteiger partial charge in [0.2, 0.25) is 5.91 Å². The Labute approximate surface area is 145 Å². The van der Waals surface area contributed by atoms with Gasteiger partial charge in [0.15, 0.2) is 0 Å². The molecule has 0 spiro atoms. The zero-order valence-electron chi connectivity index (χ0n) is 13.8. The molecule has 0 fully saturated rings. The number of carbonyl (C=O) groups is 2. The van der Waals surface area contributed by atoms with E-state index in [4.69, 9.17) is 9.84 Å². The number of benzene rings is 1. The molecule has 1 amide bonds. The van der Waals surface area contributed by atoms with Crippen LogP contribution in [0.15, 0.2) is 28.7 Å². The standard InChI is InChI=1S/C17H24BrNO4/c1-12(2)17(3,11-16(21)22)19-15(20)9-6-10-23-14-8-5-4-7-13(14)18/h4-5,7-8,12H,6,9-11H2,1-3H3,(H,19,20)(H,21,22). The first kappa shape index (κ1) is 19.5. The van der Waals surface area contributed by atoms with Crippen molar-refractivity contribution in [3.63, 3.8) is 0 Å². The Balaban J connectivity index is 2.41. The molecule has 0 aromatic heterocycles. The number of carboxylic acids is 1. The van der Waals surface area contributed by atoms with E-state index in [-0.39, 0.29) is 18.2 Å². The summed E-state index contributed by atoms with van der Waals surface area (Å²) in [7, 11) is 0. The van der Waals surface area contributed by atoms with Gasteiger partial charge >= 0.3 is 5.97 Å². The van der Waals surface area contributed by atoms with E-state index in [1.54, 1.807) is 6.92 Å². The third kappa shape index (κ3) is 6.60. The van der Waals surface area contributed by atoms with E-state index in [0.717, 1.165) is 10.2 Å². The van der Waals surface area contributed by atoms with Crippen LogP contribution in [-0.4, -0.2) is 29.1 Å². The number of rotatable bonds is 9. The number of halogens is 1. The SMILES string of the molecule is CC(C)C(C)(CC(=O)O)NC(=O)CCCOc1ccccc1Br. The van der Waals surface area contributed by atoms with Gasteiger partial charge in [-0.25, -0.2) is 0 Å². The van der Waals surface area contributed by atoms with Crippen molar-refractivity contribution in [3.05, 3.63) is 28.7 Å². The van der Waals surface area contributed by atoms with Gasteiger partial charge in [-0.3, -0.25) is 9.59 Å². The number of hydrogen-bond donors (Lipinski definition) is 2. The van der Waals surface area contributed by atoms with Crippen molar-refractivity contribution in [1.29, 1.82) is 0 Å². The summed E-state index contributed by atoms with van der Waals surface area (Å²) >= 11 is 3.40. The number of hydrogen-bond acceptors (Lipinski definition) is 3. The number of ether oxygens (including phenoxy) is 1. The molecule has 1 atom stereocenters. The average Bonchev–Trinajstić information content (AvgIpc) is 2.44. The smallest absolute Gasteiger partial charge is 0.305 e.